The number of nitrogens with one attached hydrogen (secondary N) is 1. The SMILES string of the molecule is CCc1ccc(CCN(C)CC(NC)C(=O)O)cc1. The fraction of sp³-hybridized carbons (Fsp3) is 0.533. The fourth-order valence-corrected chi connectivity index (χ4v) is 1.96. The second-order valence-corrected chi connectivity index (χ2v) is 4.86. The molecule has 0 aliphatic heterocycles. The lowest BCUT2D eigenvalue weighted by molar-refractivity contribution is -0.139. The number of nitrogens with zero attached hydrogens (tertiary/aromatic N) is 1. The Morgan fingerprint density at radius 3 is 2.37 bits per heavy atom. The van der Waals surface area contributed by atoms with E-state index < -0.39 is 12.0 Å². The van der Waals surface area contributed by atoms with Crippen LogP contribution in [-0.4, -0.2) is 49.2 Å². The van der Waals surface area contributed by atoms with Gasteiger partial charge in [-0.2, -0.15) is 0 Å². The summed E-state index contributed by atoms with van der Waals surface area (Å²) < 4.78 is 0. The Balaban J connectivity index is 2.40. The number of aryl methyl sites for hydroxylation is 1. The summed E-state index contributed by atoms with van der Waals surface area (Å²) in [7, 11) is 3.63. The molecule has 4 nitrogen and oxygen atoms in total. The van der Waals surface area contributed by atoms with Crippen LogP contribution in [0.3, 0.4) is 0 Å². The van der Waals surface area contributed by atoms with Crippen molar-refractivity contribution in [2.45, 2.75) is 25.8 Å². The molecule has 19 heavy (non-hydrogen) atoms. The summed E-state index contributed by atoms with van der Waals surface area (Å²) in [6.07, 6.45) is 2.00. The van der Waals surface area contributed by atoms with E-state index in [4.69, 9.17) is 5.11 Å². The molecule has 1 unspecified atom stereocenters. The van der Waals surface area contributed by atoms with Crippen LogP contribution in [0, 0.1) is 0 Å². The van der Waals surface area contributed by atoms with Crippen LogP contribution >= 0.6 is 0 Å². The normalized spacial score (nSPS) is 12.6. The van der Waals surface area contributed by atoms with Crippen LogP contribution in [0.25, 0.3) is 0 Å². The van der Waals surface area contributed by atoms with Crippen molar-refractivity contribution in [1.82, 2.24) is 10.2 Å². The number of aliphatic carboxylic acids is 1. The van der Waals surface area contributed by atoms with Crippen molar-refractivity contribution in [3.05, 3.63) is 35.4 Å². The zero-order valence-corrected chi connectivity index (χ0v) is 12.0. The van der Waals surface area contributed by atoms with Crippen molar-refractivity contribution in [3.8, 4) is 0 Å². The molecule has 0 aromatic heterocycles. The van der Waals surface area contributed by atoms with E-state index in [1.165, 1.54) is 11.1 Å². The van der Waals surface area contributed by atoms with Gasteiger partial charge < -0.3 is 15.3 Å². The first-order valence-electron chi connectivity index (χ1n) is 6.73. The molecule has 0 heterocycles. The molecule has 0 fully saturated rings. The van der Waals surface area contributed by atoms with Gasteiger partial charge in [-0.15, -0.1) is 0 Å². The topological polar surface area (TPSA) is 52.6 Å². The van der Waals surface area contributed by atoms with Gasteiger partial charge in [0, 0.05) is 13.1 Å². The number of carboxylic acid groups (broad SMARTS) is 1. The number of benzene rings is 1. The Labute approximate surface area is 115 Å². The number of likely N-dealkylation sites (N-methyl/N-ethyl adjacent to an activating group) is 2. The number of carboxylic acids is 1. The Kier molecular flexibility index (Phi) is 6.53. The summed E-state index contributed by atoms with van der Waals surface area (Å²) in [5.74, 6) is -0.804. The first kappa shape index (κ1) is 15.7. The van der Waals surface area contributed by atoms with Crippen LogP contribution in [0.15, 0.2) is 24.3 Å². The van der Waals surface area contributed by atoms with Gasteiger partial charge in [0.05, 0.1) is 0 Å². The maximum Gasteiger partial charge on any atom is 0.322 e. The van der Waals surface area contributed by atoms with Gasteiger partial charge >= 0.3 is 5.97 Å². The summed E-state index contributed by atoms with van der Waals surface area (Å²) in [5.41, 5.74) is 2.64. The highest BCUT2D eigenvalue weighted by Gasteiger charge is 2.16. The smallest absolute Gasteiger partial charge is 0.322 e. The van der Waals surface area contributed by atoms with E-state index in [9.17, 15) is 4.79 Å². The summed E-state index contributed by atoms with van der Waals surface area (Å²) in [5, 5.41) is 11.8. The average molecular weight is 264 g/mol. The molecule has 1 atom stereocenters. The van der Waals surface area contributed by atoms with E-state index in [1.807, 2.05) is 11.9 Å². The first-order valence-corrected chi connectivity index (χ1v) is 6.73. The highest BCUT2D eigenvalue weighted by molar-refractivity contribution is 5.73. The number of hydrogen-bond donors (Lipinski definition) is 2. The van der Waals surface area contributed by atoms with Crippen molar-refractivity contribution in [1.29, 1.82) is 0 Å². The molecule has 1 rings (SSSR count). The zero-order chi connectivity index (χ0) is 14.3. The van der Waals surface area contributed by atoms with Crippen molar-refractivity contribution >= 4 is 5.97 Å². The molecule has 106 valence electrons. The van der Waals surface area contributed by atoms with Crippen molar-refractivity contribution < 1.29 is 9.90 Å². The minimum Gasteiger partial charge on any atom is -0.480 e. The van der Waals surface area contributed by atoms with Gasteiger partial charge in [0.15, 0.2) is 0 Å². The number of carbonyl (C=O) groups is 1. The fourth-order valence-electron chi connectivity index (χ4n) is 1.96. The molecule has 0 aliphatic rings. The summed E-state index contributed by atoms with van der Waals surface area (Å²) in [4.78, 5) is 13.0. The third-order valence-corrected chi connectivity index (χ3v) is 3.35. The summed E-state index contributed by atoms with van der Waals surface area (Å²) in [6.45, 7) is 3.52. The monoisotopic (exact) mass is 264 g/mol. The summed E-state index contributed by atoms with van der Waals surface area (Å²) in [6, 6.07) is 8.11. The van der Waals surface area contributed by atoms with E-state index >= 15 is 0 Å². The standard InChI is InChI=1S/C15H24N2O2/c1-4-12-5-7-13(8-6-12)9-10-17(3)11-14(16-2)15(18)19/h5-8,14,16H,4,9-11H2,1-3H3,(H,18,19). The van der Waals surface area contributed by atoms with E-state index in [0.29, 0.717) is 6.54 Å². The second kappa shape index (κ2) is 7.92. The first-order chi connectivity index (χ1) is 9.06. The molecule has 2 N–H and O–H groups in total. The van der Waals surface area contributed by atoms with E-state index in [2.05, 4.69) is 36.5 Å². The van der Waals surface area contributed by atoms with Gasteiger partial charge in [0.1, 0.15) is 6.04 Å². The molecule has 0 radical (unpaired) electrons. The maximum atomic E-state index is 10.9. The molecular formula is C15H24N2O2. The Hall–Kier alpha value is -1.39. The Morgan fingerprint density at radius 1 is 1.32 bits per heavy atom. The third kappa shape index (κ3) is 5.41. The largest absolute Gasteiger partial charge is 0.480 e. The minimum absolute atomic E-state index is 0.507. The van der Waals surface area contributed by atoms with Crippen LogP contribution in [0.4, 0.5) is 0 Å². The Morgan fingerprint density at radius 2 is 1.89 bits per heavy atom. The Bertz CT molecular complexity index is 390. The summed E-state index contributed by atoms with van der Waals surface area (Å²) >= 11 is 0. The third-order valence-electron chi connectivity index (χ3n) is 3.35. The molecule has 0 saturated carbocycles. The van der Waals surface area contributed by atoms with E-state index in [0.717, 1.165) is 19.4 Å². The molecular weight excluding hydrogens is 240 g/mol. The second-order valence-electron chi connectivity index (χ2n) is 4.86. The molecule has 1 aromatic rings. The molecule has 0 amide bonds. The van der Waals surface area contributed by atoms with Crippen molar-refractivity contribution in [3.63, 3.8) is 0 Å². The highest BCUT2D eigenvalue weighted by atomic mass is 16.4. The van der Waals surface area contributed by atoms with Crippen molar-refractivity contribution in [2.24, 2.45) is 0 Å². The lowest BCUT2D eigenvalue weighted by Crippen LogP contribution is -2.43. The molecule has 0 aliphatic carbocycles. The molecule has 0 saturated heterocycles. The molecule has 1 aromatic carbocycles. The van der Waals surface area contributed by atoms with Crippen LogP contribution in [-0.2, 0) is 17.6 Å². The minimum atomic E-state index is -0.804. The van der Waals surface area contributed by atoms with Gasteiger partial charge in [-0.3, -0.25) is 4.79 Å². The van der Waals surface area contributed by atoms with Gasteiger partial charge in [0.2, 0.25) is 0 Å². The number of rotatable bonds is 8. The molecule has 0 bridgehead atoms. The highest BCUT2D eigenvalue weighted by Crippen LogP contribution is 2.06. The predicted octanol–water partition coefficient (Wildman–Crippen LogP) is 1.40. The van der Waals surface area contributed by atoms with E-state index in [-0.39, 0.29) is 0 Å². The lowest BCUT2D eigenvalue weighted by atomic mass is 10.1. The average Bonchev–Trinajstić information content (AvgIpc) is 2.42. The van der Waals surface area contributed by atoms with Gasteiger partial charge in [-0.1, -0.05) is 31.2 Å². The molecule has 4 heteroatoms. The van der Waals surface area contributed by atoms with Crippen LogP contribution in [0.5, 0.6) is 0 Å². The number of hydrogen-bond acceptors (Lipinski definition) is 3. The van der Waals surface area contributed by atoms with Crippen LogP contribution < -0.4 is 5.32 Å². The van der Waals surface area contributed by atoms with Gasteiger partial charge in [-0.25, -0.2) is 0 Å². The van der Waals surface area contributed by atoms with Crippen molar-refractivity contribution in [2.75, 3.05) is 27.2 Å². The zero-order valence-electron chi connectivity index (χ0n) is 12.0. The quantitative estimate of drug-likeness (QED) is 0.745. The van der Waals surface area contributed by atoms with E-state index in [1.54, 1.807) is 7.05 Å². The maximum absolute atomic E-state index is 10.9. The molecule has 0 spiro atoms. The van der Waals surface area contributed by atoms with Crippen LogP contribution in [0.1, 0.15) is 18.1 Å². The van der Waals surface area contributed by atoms with Crippen LogP contribution in [0.2, 0.25) is 0 Å². The predicted molar refractivity (Wildman–Crippen MR) is 77.5 cm³/mol. The lowest BCUT2D eigenvalue weighted by Gasteiger charge is -2.21. The van der Waals surface area contributed by atoms with Gasteiger partial charge in [-0.05, 0) is 38.1 Å². The van der Waals surface area contributed by atoms with Gasteiger partial charge in [0.25, 0.3) is 0 Å².